The van der Waals surface area contributed by atoms with Gasteiger partial charge in [-0.25, -0.2) is 8.42 Å². The molecule has 1 aromatic heterocycles. The fourth-order valence-electron chi connectivity index (χ4n) is 3.67. The number of aliphatic hydroxyl groups excluding tert-OH is 1. The molecule has 0 amide bonds. The number of hydrogen-bond acceptors (Lipinski definition) is 8. The number of aliphatic hydroxyl groups is 1. The van der Waals surface area contributed by atoms with Crippen LogP contribution in [0.2, 0.25) is 0 Å². The minimum atomic E-state index is -4.72. The van der Waals surface area contributed by atoms with Gasteiger partial charge in [0.05, 0.1) is 11.5 Å². The topological polar surface area (TPSA) is 99.8 Å². The van der Waals surface area contributed by atoms with Crippen LogP contribution in [-0.2, 0) is 29.1 Å². The summed E-state index contributed by atoms with van der Waals surface area (Å²) in [7, 11) is -3.09. The van der Waals surface area contributed by atoms with Crippen LogP contribution >= 0.6 is 0 Å². The second-order valence-corrected chi connectivity index (χ2v) is 10.3. The number of hydrogen-bond donors (Lipinski definition) is 1. The lowest BCUT2D eigenvalue weighted by Crippen LogP contribution is -2.53. The van der Waals surface area contributed by atoms with Gasteiger partial charge >= 0.3 is 12.1 Å². The lowest BCUT2D eigenvalue weighted by Gasteiger charge is -2.38. The van der Waals surface area contributed by atoms with E-state index in [4.69, 9.17) is 4.42 Å². The van der Waals surface area contributed by atoms with Crippen LogP contribution < -0.4 is 0 Å². The quantitative estimate of drug-likeness (QED) is 0.499. The van der Waals surface area contributed by atoms with Gasteiger partial charge in [0.25, 0.3) is 0 Å². The summed E-state index contributed by atoms with van der Waals surface area (Å²) < 4.78 is 66.4. The van der Waals surface area contributed by atoms with Crippen molar-refractivity contribution in [2.45, 2.75) is 25.6 Å². The molecule has 34 heavy (non-hydrogen) atoms. The predicted octanol–water partition coefficient (Wildman–Crippen LogP) is 2.76. The molecule has 1 atom stereocenters. The number of aromatic nitrogens is 2. The third-order valence-electron chi connectivity index (χ3n) is 5.51. The van der Waals surface area contributed by atoms with Gasteiger partial charge in [-0.05, 0) is 23.3 Å². The standard InChI is InChI=1S/C22H23F3N4O4S/c23-22(24,25)20-27-26-19(33-20)18-8-6-17(7-9-18)15-29(14-16-4-2-1-3-5-16)21(30)28-10-12-34(31,32)13-11-28/h1-9,21,30H,10-15H2. The first kappa shape index (κ1) is 24.3. The number of sulfone groups is 1. The maximum absolute atomic E-state index is 12.7. The fraction of sp³-hybridized carbons (Fsp3) is 0.364. The lowest BCUT2D eigenvalue weighted by atomic mass is 10.1. The highest BCUT2D eigenvalue weighted by Gasteiger charge is 2.38. The molecule has 0 bridgehead atoms. The Kier molecular flexibility index (Phi) is 7.03. The first-order valence-corrected chi connectivity index (χ1v) is 12.3. The molecule has 0 aliphatic carbocycles. The Morgan fingerprint density at radius 1 is 0.971 bits per heavy atom. The summed E-state index contributed by atoms with van der Waals surface area (Å²) in [5, 5.41) is 17.5. The average molecular weight is 497 g/mol. The zero-order valence-corrected chi connectivity index (χ0v) is 18.8. The molecule has 8 nitrogen and oxygen atoms in total. The van der Waals surface area contributed by atoms with E-state index in [1.807, 2.05) is 30.3 Å². The molecular formula is C22H23F3N4O4S. The maximum atomic E-state index is 12.7. The summed E-state index contributed by atoms with van der Waals surface area (Å²) >= 11 is 0. The molecule has 1 saturated heterocycles. The Morgan fingerprint density at radius 3 is 2.12 bits per heavy atom. The van der Waals surface area contributed by atoms with Gasteiger partial charge in [0.1, 0.15) is 0 Å². The van der Waals surface area contributed by atoms with Crippen molar-refractivity contribution >= 4 is 9.84 Å². The van der Waals surface area contributed by atoms with Crippen molar-refractivity contribution in [1.29, 1.82) is 0 Å². The van der Waals surface area contributed by atoms with Crippen LogP contribution in [0.5, 0.6) is 0 Å². The predicted molar refractivity (Wildman–Crippen MR) is 117 cm³/mol. The van der Waals surface area contributed by atoms with Crippen molar-refractivity contribution in [3.8, 4) is 11.5 Å². The third kappa shape index (κ3) is 6.00. The van der Waals surface area contributed by atoms with Gasteiger partial charge in [-0.2, -0.15) is 13.2 Å². The summed E-state index contributed by atoms with van der Waals surface area (Å²) in [5.41, 5.74) is 2.09. The highest BCUT2D eigenvalue weighted by molar-refractivity contribution is 7.91. The van der Waals surface area contributed by atoms with E-state index in [9.17, 15) is 26.7 Å². The van der Waals surface area contributed by atoms with Gasteiger partial charge in [0, 0.05) is 31.7 Å². The van der Waals surface area contributed by atoms with E-state index in [1.165, 1.54) is 0 Å². The first-order valence-electron chi connectivity index (χ1n) is 10.5. The van der Waals surface area contributed by atoms with Crippen molar-refractivity contribution in [3.63, 3.8) is 0 Å². The van der Waals surface area contributed by atoms with Crippen LogP contribution in [0.25, 0.3) is 11.5 Å². The Morgan fingerprint density at radius 2 is 1.56 bits per heavy atom. The normalized spacial score (nSPS) is 17.7. The molecule has 0 spiro atoms. The van der Waals surface area contributed by atoms with Crippen molar-refractivity contribution < 1.29 is 31.1 Å². The van der Waals surface area contributed by atoms with E-state index >= 15 is 0 Å². The van der Waals surface area contributed by atoms with Crippen molar-refractivity contribution in [3.05, 3.63) is 71.6 Å². The summed E-state index contributed by atoms with van der Waals surface area (Å²) in [6.45, 7) is 1.18. The molecule has 0 radical (unpaired) electrons. The van der Waals surface area contributed by atoms with Crippen LogP contribution in [-0.4, -0.2) is 64.5 Å². The SMILES string of the molecule is O=S1(=O)CCN(C(O)N(Cc2ccccc2)Cc2ccc(-c3nnc(C(F)(F)F)o3)cc2)CC1. The van der Waals surface area contributed by atoms with E-state index in [-0.39, 0.29) is 30.5 Å². The summed E-state index contributed by atoms with van der Waals surface area (Å²) in [6.07, 6.45) is -5.73. The van der Waals surface area contributed by atoms with E-state index in [2.05, 4.69) is 10.2 Å². The highest BCUT2D eigenvalue weighted by Crippen LogP contribution is 2.30. The largest absolute Gasteiger partial charge is 0.470 e. The van der Waals surface area contributed by atoms with E-state index < -0.39 is 28.3 Å². The number of alkyl halides is 3. The zero-order chi connectivity index (χ0) is 24.3. The van der Waals surface area contributed by atoms with E-state index in [0.717, 1.165) is 11.1 Å². The first-order chi connectivity index (χ1) is 16.1. The lowest BCUT2D eigenvalue weighted by molar-refractivity contribution is -0.156. The van der Waals surface area contributed by atoms with Crippen LogP contribution in [0.3, 0.4) is 0 Å². The maximum Gasteiger partial charge on any atom is 0.470 e. The van der Waals surface area contributed by atoms with Gasteiger partial charge in [0.15, 0.2) is 16.2 Å². The molecule has 182 valence electrons. The molecule has 1 unspecified atom stereocenters. The Bertz CT molecular complexity index is 1190. The van der Waals surface area contributed by atoms with Gasteiger partial charge in [-0.15, -0.1) is 10.2 Å². The van der Waals surface area contributed by atoms with Crippen LogP contribution in [0.15, 0.2) is 59.0 Å². The minimum Gasteiger partial charge on any atom is -0.413 e. The monoisotopic (exact) mass is 496 g/mol. The van der Waals surface area contributed by atoms with Gasteiger partial charge < -0.3 is 9.52 Å². The van der Waals surface area contributed by atoms with Crippen LogP contribution in [0.1, 0.15) is 17.0 Å². The van der Waals surface area contributed by atoms with Crippen molar-refractivity contribution in [2.75, 3.05) is 24.6 Å². The third-order valence-corrected chi connectivity index (χ3v) is 7.12. The molecular weight excluding hydrogens is 473 g/mol. The molecule has 1 fully saturated rings. The Hall–Kier alpha value is -2.80. The second kappa shape index (κ2) is 9.82. The summed E-state index contributed by atoms with van der Waals surface area (Å²) in [4.78, 5) is 3.52. The molecule has 2 heterocycles. The molecule has 1 N–H and O–H groups in total. The number of benzene rings is 2. The van der Waals surface area contributed by atoms with Gasteiger partial charge in [-0.3, -0.25) is 9.80 Å². The fourth-order valence-corrected chi connectivity index (χ4v) is 4.90. The average Bonchev–Trinajstić information content (AvgIpc) is 3.30. The second-order valence-electron chi connectivity index (χ2n) is 8.03. The summed E-state index contributed by atoms with van der Waals surface area (Å²) in [5.74, 6) is -1.67. The molecule has 1 aliphatic heterocycles. The van der Waals surface area contributed by atoms with Crippen molar-refractivity contribution in [2.24, 2.45) is 0 Å². The number of halogens is 3. The van der Waals surface area contributed by atoms with Gasteiger partial charge in [0.2, 0.25) is 5.89 Å². The van der Waals surface area contributed by atoms with E-state index in [1.54, 1.807) is 34.1 Å². The van der Waals surface area contributed by atoms with Gasteiger partial charge in [-0.1, -0.05) is 42.5 Å². The summed E-state index contributed by atoms with van der Waals surface area (Å²) in [6, 6.07) is 16.1. The minimum absolute atomic E-state index is 0.0119. The molecule has 4 rings (SSSR count). The van der Waals surface area contributed by atoms with E-state index in [0.29, 0.717) is 18.7 Å². The van der Waals surface area contributed by atoms with Crippen LogP contribution in [0, 0.1) is 0 Å². The van der Waals surface area contributed by atoms with Crippen molar-refractivity contribution in [1.82, 2.24) is 20.0 Å². The smallest absolute Gasteiger partial charge is 0.413 e. The Balaban J connectivity index is 1.51. The molecule has 3 aromatic rings. The molecule has 12 heteroatoms. The van der Waals surface area contributed by atoms with Crippen LogP contribution in [0.4, 0.5) is 13.2 Å². The molecule has 0 saturated carbocycles. The number of rotatable bonds is 7. The Labute approximate surface area is 194 Å². The highest BCUT2D eigenvalue weighted by atomic mass is 32.2. The zero-order valence-electron chi connectivity index (χ0n) is 18.0. The number of nitrogens with zero attached hydrogens (tertiary/aromatic N) is 4. The molecule has 2 aromatic carbocycles. The molecule has 1 aliphatic rings.